The Hall–Kier alpha value is -0.700. The third kappa shape index (κ3) is 1.42. The number of nitrogens with one attached hydrogen (secondary N) is 2. The van der Waals surface area contributed by atoms with Crippen LogP contribution < -0.4 is 16.4 Å². The Morgan fingerprint density at radius 2 is 2.10 bits per heavy atom. The molecule has 0 aromatic rings. The summed E-state index contributed by atoms with van der Waals surface area (Å²) in [7, 11) is 0. The van der Waals surface area contributed by atoms with Crippen molar-refractivity contribution in [1.82, 2.24) is 10.6 Å². The zero-order chi connectivity index (χ0) is 7.78. The molecule has 0 saturated carbocycles. The Morgan fingerprint density at radius 1 is 1.50 bits per heavy atom. The SMILES string of the molecule is CC(C)(C)C1=CNC(N)N1. The van der Waals surface area contributed by atoms with Crippen molar-refractivity contribution in [1.29, 1.82) is 0 Å². The number of rotatable bonds is 0. The van der Waals surface area contributed by atoms with E-state index in [1.807, 2.05) is 6.20 Å². The molecular weight excluding hydrogens is 126 g/mol. The number of nitrogens with two attached hydrogens (primary N) is 1. The van der Waals surface area contributed by atoms with Gasteiger partial charge in [0.25, 0.3) is 0 Å². The van der Waals surface area contributed by atoms with E-state index in [0.29, 0.717) is 0 Å². The van der Waals surface area contributed by atoms with Gasteiger partial charge in [-0.15, -0.1) is 0 Å². The monoisotopic (exact) mass is 141 g/mol. The molecule has 0 bridgehead atoms. The normalized spacial score (nSPS) is 25.2. The summed E-state index contributed by atoms with van der Waals surface area (Å²) in [6.07, 6.45) is 1.83. The van der Waals surface area contributed by atoms with E-state index in [9.17, 15) is 0 Å². The van der Waals surface area contributed by atoms with E-state index in [1.54, 1.807) is 0 Å². The molecule has 0 spiro atoms. The minimum atomic E-state index is -0.103. The third-order valence-electron chi connectivity index (χ3n) is 1.53. The van der Waals surface area contributed by atoms with Crippen molar-refractivity contribution < 1.29 is 0 Å². The van der Waals surface area contributed by atoms with Crippen LogP contribution in [0.4, 0.5) is 0 Å². The van der Waals surface area contributed by atoms with E-state index in [2.05, 4.69) is 31.4 Å². The Kier molecular flexibility index (Phi) is 1.60. The van der Waals surface area contributed by atoms with Gasteiger partial charge >= 0.3 is 0 Å². The van der Waals surface area contributed by atoms with E-state index in [0.717, 1.165) is 0 Å². The highest BCUT2D eigenvalue weighted by atomic mass is 15.3. The summed E-state index contributed by atoms with van der Waals surface area (Å²) < 4.78 is 0. The molecule has 1 aliphatic heterocycles. The van der Waals surface area contributed by atoms with Gasteiger partial charge in [0.05, 0.1) is 0 Å². The lowest BCUT2D eigenvalue weighted by atomic mass is 9.93. The van der Waals surface area contributed by atoms with Crippen LogP contribution in [0.3, 0.4) is 0 Å². The summed E-state index contributed by atoms with van der Waals surface area (Å²) >= 11 is 0. The van der Waals surface area contributed by atoms with Crippen LogP contribution in [0.1, 0.15) is 20.8 Å². The van der Waals surface area contributed by atoms with Crippen LogP contribution in [0.5, 0.6) is 0 Å². The zero-order valence-corrected chi connectivity index (χ0v) is 6.73. The maximum absolute atomic E-state index is 5.55. The molecule has 0 aliphatic carbocycles. The van der Waals surface area contributed by atoms with E-state index < -0.39 is 0 Å². The van der Waals surface area contributed by atoms with Crippen molar-refractivity contribution in [2.75, 3.05) is 0 Å². The molecule has 0 radical (unpaired) electrons. The molecule has 1 heterocycles. The topological polar surface area (TPSA) is 50.1 Å². The first-order valence-electron chi connectivity index (χ1n) is 3.49. The van der Waals surface area contributed by atoms with E-state index in [1.165, 1.54) is 5.70 Å². The molecule has 3 nitrogen and oxygen atoms in total. The molecule has 0 aromatic carbocycles. The lowest BCUT2D eigenvalue weighted by Crippen LogP contribution is -2.42. The number of hydrogen-bond acceptors (Lipinski definition) is 3. The summed E-state index contributed by atoms with van der Waals surface area (Å²) in [6, 6.07) is 0. The number of allylic oxidation sites excluding steroid dienone is 1. The molecule has 1 unspecified atom stereocenters. The summed E-state index contributed by atoms with van der Waals surface area (Å²) in [5.41, 5.74) is 6.88. The molecule has 0 amide bonds. The Labute approximate surface area is 61.7 Å². The van der Waals surface area contributed by atoms with Crippen molar-refractivity contribution >= 4 is 0 Å². The average molecular weight is 141 g/mol. The van der Waals surface area contributed by atoms with Crippen molar-refractivity contribution in [2.24, 2.45) is 11.1 Å². The first kappa shape index (κ1) is 7.41. The fourth-order valence-electron chi connectivity index (χ4n) is 0.857. The highest BCUT2D eigenvalue weighted by molar-refractivity contribution is 5.12. The standard InChI is InChI=1S/C7H15N3/c1-7(2,3)5-4-9-6(8)10-5/h4,6,9-10H,8H2,1-3H3. The Balaban J connectivity index is 2.60. The second-order valence-corrected chi connectivity index (χ2v) is 3.60. The van der Waals surface area contributed by atoms with Gasteiger partial charge in [-0.1, -0.05) is 20.8 Å². The van der Waals surface area contributed by atoms with Crippen LogP contribution in [0.15, 0.2) is 11.9 Å². The molecule has 4 N–H and O–H groups in total. The molecule has 1 atom stereocenters. The van der Waals surface area contributed by atoms with Crippen LogP contribution >= 0.6 is 0 Å². The van der Waals surface area contributed by atoms with Crippen LogP contribution in [-0.4, -0.2) is 6.29 Å². The molecule has 0 aromatic heterocycles. The van der Waals surface area contributed by atoms with Gasteiger partial charge in [0.2, 0.25) is 0 Å². The highest BCUT2D eigenvalue weighted by Crippen LogP contribution is 2.23. The first-order chi connectivity index (χ1) is 4.50. The third-order valence-corrected chi connectivity index (χ3v) is 1.53. The van der Waals surface area contributed by atoms with Crippen LogP contribution in [-0.2, 0) is 0 Å². The Bertz CT molecular complexity index is 155. The van der Waals surface area contributed by atoms with Crippen molar-refractivity contribution in [3.63, 3.8) is 0 Å². The molecule has 1 rings (SSSR count). The largest absolute Gasteiger partial charge is 0.358 e. The van der Waals surface area contributed by atoms with Crippen LogP contribution in [0, 0.1) is 5.41 Å². The van der Waals surface area contributed by atoms with E-state index in [4.69, 9.17) is 5.73 Å². The van der Waals surface area contributed by atoms with Gasteiger partial charge in [-0.2, -0.15) is 0 Å². The summed E-state index contributed by atoms with van der Waals surface area (Å²) in [6.45, 7) is 6.43. The van der Waals surface area contributed by atoms with Gasteiger partial charge in [0.1, 0.15) is 6.29 Å². The summed E-state index contributed by atoms with van der Waals surface area (Å²) in [4.78, 5) is 0. The maximum Gasteiger partial charge on any atom is 0.149 e. The highest BCUT2D eigenvalue weighted by Gasteiger charge is 2.21. The fourth-order valence-corrected chi connectivity index (χ4v) is 0.857. The fraction of sp³-hybridized carbons (Fsp3) is 0.714. The van der Waals surface area contributed by atoms with Crippen molar-refractivity contribution in [3.8, 4) is 0 Å². The average Bonchev–Trinajstić information content (AvgIpc) is 2.11. The maximum atomic E-state index is 5.55. The van der Waals surface area contributed by atoms with Gasteiger partial charge < -0.3 is 10.6 Å². The quantitative estimate of drug-likeness (QED) is 0.455. The van der Waals surface area contributed by atoms with Gasteiger partial charge in [-0.25, -0.2) is 0 Å². The molecule has 3 heteroatoms. The zero-order valence-electron chi connectivity index (χ0n) is 6.73. The lowest BCUT2D eigenvalue weighted by molar-refractivity contribution is 0.448. The van der Waals surface area contributed by atoms with E-state index >= 15 is 0 Å². The number of hydrogen-bond donors (Lipinski definition) is 3. The molecule has 0 fully saturated rings. The first-order valence-corrected chi connectivity index (χ1v) is 3.49. The summed E-state index contributed by atoms with van der Waals surface area (Å²) in [5.74, 6) is 0. The van der Waals surface area contributed by atoms with Gasteiger partial charge in [0, 0.05) is 17.3 Å². The predicted molar refractivity (Wildman–Crippen MR) is 41.8 cm³/mol. The molecule has 10 heavy (non-hydrogen) atoms. The van der Waals surface area contributed by atoms with Gasteiger partial charge in [0.15, 0.2) is 0 Å². The Morgan fingerprint density at radius 3 is 2.30 bits per heavy atom. The van der Waals surface area contributed by atoms with Crippen LogP contribution in [0.2, 0.25) is 0 Å². The molecule has 1 aliphatic rings. The van der Waals surface area contributed by atoms with Crippen LogP contribution in [0.25, 0.3) is 0 Å². The lowest BCUT2D eigenvalue weighted by Gasteiger charge is -2.20. The minimum absolute atomic E-state index is 0.103. The second kappa shape index (κ2) is 2.16. The van der Waals surface area contributed by atoms with Crippen molar-refractivity contribution in [3.05, 3.63) is 11.9 Å². The van der Waals surface area contributed by atoms with E-state index in [-0.39, 0.29) is 11.7 Å². The van der Waals surface area contributed by atoms with Gasteiger partial charge in [-0.3, -0.25) is 5.73 Å². The second-order valence-electron chi connectivity index (χ2n) is 3.60. The minimum Gasteiger partial charge on any atom is -0.358 e. The smallest absolute Gasteiger partial charge is 0.149 e. The predicted octanol–water partition coefficient (Wildman–Crippen LogP) is 0.309. The molecule has 0 saturated heterocycles. The van der Waals surface area contributed by atoms with Gasteiger partial charge in [-0.05, 0) is 0 Å². The summed E-state index contributed by atoms with van der Waals surface area (Å²) in [5, 5.41) is 6.10. The molecule has 58 valence electrons. The van der Waals surface area contributed by atoms with Crippen molar-refractivity contribution in [2.45, 2.75) is 27.1 Å². The molecular formula is C7H15N3.